The molecule has 20 heavy (non-hydrogen) atoms. The van der Waals surface area contributed by atoms with Crippen LogP contribution in [-0.2, 0) is 20.7 Å². The number of carbonyl (C=O) groups is 1. The fourth-order valence-corrected chi connectivity index (χ4v) is 2.02. The lowest BCUT2D eigenvalue weighted by molar-refractivity contribution is -0.145. The Labute approximate surface area is 125 Å². The van der Waals surface area contributed by atoms with Gasteiger partial charge in [-0.25, -0.2) is 4.79 Å². The number of nitrogens with one attached hydrogen (secondary N) is 1. The average molecular weight is 300 g/mol. The summed E-state index contributed by atoms with van der Waals surface area (Å²) < 4.78 is 10.2. The summed E-state index contributed by atoms with van der Waals surface area (Å²) in [5, 5.41) is 3.73. The van der Waals surface area contributed by atoms with Gasteiger partial charge in [0, 0.05) is 6.61 Å². The van der Waals surface area contributed by atoms with Crippen LogP contribution >= 0.6 is 11.6 Å². The van der Waals surface area contributed by atoms with Crippen LogP contribution in [0.25, 0.3) is 0 Å². The monoisotopic (exact) mass is 299 g/mol. The zero-order chi connectivity index (χ0) is 15.0. The van der Waals surface area contributed by atoms with Gasteiger partial charge in [-0.15, -0.1) is 0 Å². The number of para-hydroxylation sites is 1. The molecule has 0 spiro atoms. The first-order valence-corrected chi connectivity index (χ1v) is 7.26. The molecular formula is C15H22ClNO3. The van der Waals surface area contributed by atoms with Crippen molar-refractivity contribution in [3.8, 4) is 0 Å². The number of esters is 1. The number of ether oxygens (including phenoxy) is 2. The van der Waals surface area contributed by atoms with E-state index in [0.717, 1.165) is 17.7 Å². The number of rotatable bonds is 8. The highest BCUT2D eigenvalue weighted by atomic mass is 35.5. The van der Waals surface area contributed by atoms with E-state index in [4.69, 9.17) is 21.1 Å². The van der Waals surface area contributed by atoms with E-state index < -0.39 is 6.04 Å². The molecule has 0 aliphatic heterocycles. The van der Waals surface area contributed by atoms with Crippen LogP contribution in [-0.4, -0.2) is 31.8 Å². The average Bonchev–Trinajstić information content (AvgIpc) is 2.45. The first kappa shape index (κ1) is 16.8. The van der Waals surface area contributed by atoms with E-state index >= 15 is 0 Å². The Bertz CT molecular complexity index is 437. The van der Waals surface area contributed by atoms with Gasteiger partial charge in [0.05, 0.1) is 17.3 Å². The van der Waals surface area contributed by atoms with Crippen molar-refractivity contribution in [2.75, 3.05) is 25.1 Å². The molecule has 0 aliphatic carbocycles. The van der Waals surface area contributed by atoms with E-state index in [0.29, 0.717) is 18.2 Å². The zero-order valence-electron chi connectivity index (χ0n) is 12.2. The molecule has 0 heterocycles. The molecule has 0 amide bonds. The number of anilines is 1. The van der Waals surface area contributed by atoms with Gasteiger partial charge in [0.2, 0.25) is 0 Å². The second-order valence-corrected chi connectivity index (χ2v) is 4.77. The highest BCUT2D eigenvalue weighted by Gasteiger charge is 2.16. The third-order valence-electron chi connectivity index (χ3n) is 2.87. The summed E-state index contributed by atoms with van der Waals surface area (Å²) in [5.41, 5.74) is 1.87. The van der Waals surface area contributed by atoms with Gasteiger partial charge in [-0.1, -0.05) is 30.7 Å². The first-order valence-electron chi connectivity index (χ1n) is 6.88. The van der Waals surface area contributed by atoms with Gasteiger partial charge in [0.25, 0.3) is 0 Å². The smallest absolute Gasteiger partial charge is 0.328 e. The Morgan fingerprint density at radius 1 is 1.35 bits per heavy atom. The van der Waals surface area contributed by atoms with E-state index in [-0.39, 0.29) is 12.6 Å². The molecule has 0 saturated carbocycles. The highest BCUT2D eigenvalue weighted by Crippen LogP contribution is 2.27. The minimum absolute atomic E-state index is 0.266. The Hall–Kier alpha value is -1.26. The van der Waals surface area contributed by atoms with Crippen LogP contribution in [0.3, 0.4) is 0 Å². The molecule has 0 saturated heterocycles. The fraction of sp³-hybridized carbons (Fsp3) is 0.533. The molecule has 1 aromatic rings. The van der Waals surface area contributed by atoms with Crippen molar-refractivity contribution in [1.82, 2.24) is 0 Å². The van der Waals surface area contributed by atoms with Gasteiger partial charge >= 0.3 is 5.97 Å². The molecular weight excluding hydrogens is 278 g/mol. The van der Waals surface area contributed by atoms with Gasteiger partial charge < -0.3 is 14.8 Å². The van der Waals surface area contributed by atoms with Gasteiger partial charge in [0.15, 0.2) is 0 Å². The molecule has 112 valence electrons. The minimum Gasteiger partial charge on any atom is -0.462 e. The van der Waals surface area contributed by atoms with Crippen molar-refractivity contribution >= 4 is 23.3 Å². The van der Waals surface area contributed by atoms with Crippen molar-refractivity contribution in [3.63, 3.8) is 0 Å². The van der Waals surface area contributed by atoms with Crippen molar-refractivity contribution in [3.05, 3.63) is 28.8 Å². The van der Waals surface area contributed by atoms with E-state index in [9.17, 15) is 4.79 Å². The molecule has 0 aromatic heterocycles. The molecule has 4 nitrogen and oxygen atoms in total. The first-order chi connectivity index (χ1) is 9.60. The second kappa shape index (κ2) is 8.82. The number of carbonyl (C=O) groups excluding carboxylic acids is 1. The number of hydrogen-bond donors (Lipinski definition) is 1. The van der Waals surface area contributed by atoms with Gasteiger partial charge in [-0.05, 0) is 31.9 Å². The van der Waals surface area contributed by atoms with Crippen LogP contribution in [0.1, 0.15) is 26.3 Å². The third-order valence-corrected chi connectivity index (χ3v) is 3.19. The molecule has 1 unspecified atom stereocenters. The summed E-state index contributed by atoms with van der Waals surface area (Å²) in [6.07, 6.45) is 0.842. The van der Waals surface area contributed by atoms with Crippen molar-refractivity contribution in [2.45, 2.75) is 33.2 Å². The fourth-order valence-electron chi connectivity index (χ4n) is 1.77. The quantitative estimate of drug-likeness (QED) is 0.591. The maximum absolute atomic E-state index is 11.8. The normalized spacial score (nSPS) is 12.0. The Kier molecular flexibility index (Phi) is 7.41. The Morgan fingerprint density at radius 2 is 2.10 bits per heavy atom. The predicted molar refractivity (Wildman–Crippen MR) is 81.4 cm³/mol. The molecule has 0 aliphatic rings. The lowest BCUT2D eigenvalue weighted by atomic mass is 10.1. The highest BCUT2D eigenvalue weighted by molar-refractivity contribution is 6.33. The van der Waals surface area contributed by atoms with Gasteiger partial charge in [0.1, 0.15) is 12.6 Å². The maximum atomic E-state index is 11.8. The molecule has 1 N–H and O–H groups in total. The van der Waals surface area contributed by atoms with Crippen LogP contribution in [0.5, 0.6) is 0 Å². The lowest BCUT2D eigenvalue weighted by Crippen LogP contribution is -2.29. The van der Waals surface area contributed by atoms with E-state index in [2.05, 4.69) is 5.32 Å². The Balaban J connectivity index is 2.57. The van der Waals surface area contributed by atoms with E-state index in [1.165, 1.54) is 0 Å². The summed E-state index contributed by atoms with van der Waals surface area (Å²) in [4.78, 5) is 11.8. The van der Waals surface area contributed by atoms with Crippen LogP contribution < -0.4 is 5.32 Å². The topological polar surface area (TPSA) is 47.6 Å². The summed E-state index contributed by atoms with van der Waals surface area (Å²) in [6, 6.07) is 5.23. The Morgan fingerprint density at radius 3 is 2.75 bits per heavy atom. The molecule has 0 fully saturated rings. The number of halogens is 1. The van der Waals surface area contributed by atoms with E-state index in [1.54, 1.807) is 13.0 Å². The van der Waals surface area contributed by atoms with Crippen molar-refractivity contribution < 1.29 is 14.3 Å². The summed E-state index contributed by atoms with van der Waals surface area (Å²) in [7, 11) is 0. The minimum atomic E-state index is -0.457. The zero-order valence-corrected chi connectivity index (χ0v) is 13.0. The van der Waals surface area contributed by atoms with Crippen molar-refractivity contribution in [1.29, 1.82) is 0 Å². The SMILES string of the molecule is CCOCCOC(=O)C(C)Nc1c(Cl)cccc1CC. The van der Waals surface area contributed by atoms with Crippen LogP contribution in [0.4, 0.5) is 5.69 Å². The van der Waals surface area contributed by atoms with Crippen LogP contribution in [0.2, 0.25) is 5.02 Å². The molecule has 1 rings (SSSR count). The molecule has 5 heteroatoms. The number of aryl methyl sites for hydroxylation is 1. The maximum Gasteiger partial charge on any atom is 0.328 e. The van der Waals surface area contributed by atoms with Crippen molar-refractivity contribution in [2.24, 2.45) is 0 Å². The summed E-state index contributed by atoms with van der Waals surface area (Å²) >= 11 is 6.17. The second-order valence-electron chi connectivity index (χ2n) is 4.36. The van der Waals surface area contributed by atoms with Crippen LogP contribution in [0.15, 0.2) is 18.2 Å². The standard InChI is InChI=1S/C15H22ClNO3/c1-4-12-7-6-8-13(16)14(12)17-11(3)15(18)20-10-9-19-5-2/h6-8,11,17H,4-5,9-10H2,1-3H3. The molecule has 1 aromatic carbocycles. The molecule has 0 bridgehead atoms. The van der Waals surface area contributed by atoms with Crippen LogP contribution in [0, 0.1) is 0 Å². The summed E-state index contributed by atoms with van der Waals surface area (Å²) in [5.74, 6) is -0.313. The third kappa shape index (κ3) is 5.02. The lowest BCUT2D eigenvalue weighted by Gasteiger charge is -2.18. The van der Waals surface area contributed by atoms with Gasteiger partial charge in [-0.3, -0.25) is 0 Å². The molecule has 0 radical (unpaired) electrons. The predicted octanol–water partition coefficient (Wildman–Crippen LogP) is 3.28. The van der Waals surface area contributed by atoms with E-state index in [1.807, 2.05) is 26.0 Å². The molecule has 1 atom stereocenters. The largest absolute Gasteiger partial charge is 0.462 e. The van der Waals surface area contributed by atoms with Gasteiger partial charge in [-0.2, -0.15) is 0 Å². The number of hydrogen-bond acceptors (Lipinski definition) is 4. The summed E-state index contributed by atoms with van der Waals surface area (Å²) in [6.45, 7) is 7.00. The number of benzene rings is 1.